The van der Waals surface area contributed by atoms with Gasteiger partial charge in [0.15, 0.2) is 0 Å². The maximum atomic E-state index is 12.7. The van der Waals surface area contributed by atoms with Gasteiger partial charge in [0.2, 0.25) is 10.0 Å². The number of sulfonamides is 1. The first-order valence-corrected chi connectivity index (χ1v) is 8.83. The molecular formula is C15H17BrN2O2S. The topological polar surface area (TPSA) is 50.3 Å². The number of pyridine rings is 1. The van der Waals surface area contributed by atoms with Gasteiger partial charge in [-0.25, -0.2) is 8.42 Å². The summed E-state index contributed by atoms with van der Waals surface area (Å²) in [7, 11) is -3.55. The van der Waals surface area contributed by atoms with E-state index in [1.54, 1.807) is 12.3 Å². The summed E-state index contributed by atoms with van der Waals surface area (Å²) >= 11 is 3.26. The van der Waals surface area contributed by atoms with E-state index in [1.165, 1.54) is 10.5 Å². The number of hydrogen-bond acceptors (Lipinski definition) is 3. The van der Waals surface area contributed by atoms with Gasteiger partial charge >= 0.3 is 0 Å². The highest BCUT2D eigenvalue weighted by Crippen LogP contribution is 2.21. The Balaban J connectivity index is 2.35. The van der Waals surface area contributed by atoms with Crippen molar-refractivity contribution in [3.63, 3.8) is 0 Å². The fourth-order valence-corrected chi connectivity index (χ4v) is 3.96. The van der Waals surface area contributed by atoms with Gasteiger partial charge in [0, 0.05) is 30.0 Å². The summed E-state index contributed by atoms with van der Waals surface area (Å²) in [6, 6.07) is 9.37. The van der Waals surface area contributed by atoms with Crippen LogP contribution >= 0.6 is 15.9 Å². The van der Waals surface area contributed by atoms with Crippen LogP contribution in [0.3, 0.4) is 0 Å². The van der Waals surface area contributed by atoms with Crippen LogP contribution in [0.5, 0.6) is 0 Å². The van der Waals surface area contributed by atoms with Crippen LogP contribution in [-0.2, 0) is 16.6 Å². The molecule has 112 valence electrons. The van der Waals surface area contributed by atoms with Gasteiger partial charge in [0.1, 0.15) is 4.90 Å². The van der Waals surface area contributed by atoms with Crippen LogP contribution < -0.4 is 0 Å². The number of nitrogens with zero attached hydrogens (tertiary/aromatic N) is 2. The second kappa shape index (κ2) is 6.68. The molecule has 0 aliphatic carbocycles. The van der Waals surface area contributed by atoms with Gasteiger partial charge in [-0.05, 0) is 40.0 Å². The Morgan fingerprint density at radius 1 is 1.24 bits per heavy atom. The lowest BCUT2D eigenvalue weighted by Gasteiger charge is -2.21. The maximum absolute atomic E-state index is 12.7. The SMILES string of the molecule is CCN(Cc1ccccc1C)S(=O)(=O)c1cncc(Br)c1. The molecule has 0 unspecified atom stereocenters. The molecule has 0 spiro atoms. The minimum absolute atomic E-state index is 0.201. The number of aryl methyl sites for hydroxylation is 1. The molecule has 0 N–H and O–H groups in total. The Kier molecular flexibility index (Phi) is 5.13. The Labute approximate surface area is 134 Å². The standard InChI is InChI=1S/C15H17BrN2O2S/c1-3-18(11-13-7-5-4-6-12(13)2)21(19,20)15-8-14(16)9-17-10-15/h4-10H,3,11H2,1-2H3. The number of halogens is 1. The lowest BCUT2D eigenvalue weighted by molar-refractivity contribution is 0.422. The van der Waals surface area contributed by atoms with Crippen molar-refractivity contribution in [1.82, 2.24) is 9.29 Å². The first-order valence-electron chi connectivity index (χ1n) is 6.60. The zero-order valence-corrected chi connectivity index (χ0v) is 14.4. The largest absolute Gasteiger partial charge is 0.262 e. The van der Waals surface area contributed by atoms with Crippen LogP contribution in [0.4, 0.5) is 0 Å². The molecule has 1 heterocycles. The van der Waals surface area contributed by atoms with E-state index in [1.807, 2.05) is 38.1 Å². The predicted molar refractivity (Wildman–Crippen MR) is 86.4 cm³/mol. The number of hydrogen-bond donors (Lipinski definition) is 0. The Hall–Kier alpha value is -1.24. The summed E-state index contributed by atoms with van der Waals surface area (Å²) in [5, 5.41) is 0. The molecule has 0 aliphatic rings. The molecule has 0 bridgehead atoms. The van der Waals surface area contributed by atoms with E-state index in [9.17, 15) is 8.42 Å². The Bertz CT molecular complexity index is 732. The maximum Gasteiger partial charge on any atom is 0.244 e. The zero-order chi connectivity index (χ0) is 15.5. The first-order chi connectivity index (χ1) is 9.95. The molecule has 1 aromatic carbocycles. The molecule has 0 fully saturated rings. The van der Waals surface area contributed by atoms with Crippen molar-refractivity contribution >= 4 is 26.0 Å². The van der Waals surface area contributed by atoms with Gasteiger partial charge in [0.05, 0.1) is 0 Å². The third kappa shape index (κ3) is 3.70. The Morgan fingerprint density at radius 3 is 2.57 bits per heavy atom. The summed E-state index contributed by atoms with van der Waals surface area (Å²) in [6.07, 6.45) is 2.94. The molecule has 0 saturated carbocycles. The molecule has 2 rings (SSSR count). The highest BCUT2D eigenvalue weighted by molar-refractivity contribution is 9.10. The monoisotopic (exact) mass is 368 g/mol. The lowest BCUT2D eigenvalue weighted by Crippen LogP contribution is -2.30. The quantitative estimate of drug-likeness (QED) is 0.812. The van der Waals surface area contributed by atoms with Crippen LogP contribution in [0, 0.1) is 6.92 Å². The summed E-state index contributed by atoms with van der Waals surface area (Å²) < 4.78 is 27.5. The van der Waals surface area contributed by atoms with Gasteiger partial charge in [-0.2, -0.15) is 4.31 Å². The molecule has 6 heteroatoms. The van der Waals surface area contributed by atoms with Crippen LogP contribution in [0.25, 0.3) is 0 Å². The van der Waals surface area contributed by atoms with E-state index < -0.39 is 10.0 Å². The molecule has 2 aromatic rings. The Morgan fingerprint density at radius 2 is 1.95 bits per heavy atom. The number of aromatic nitrogens is 1. The second-order valence-electron chi connectivity index (χ2n) is 4.70. The fourth-order valence-electron chi connectivity index (χ4n) is 2.03. The zero-order valence-electron chi connectivity index (χ0n) is 12.0. The van der Waals surface area contributed by atoms with Crippen molar-refractivity contribution in [1.29, 1.82) is 0 Å². The summed E-state index contributed by atoms with van der Waals surface area (Å²) in [6.45, 7) is 4.58. The van der Waals surface area contributed by atoms with E-state index >= 15 is 0 Å². The van der Waals surface area contributed by atoms with Crippen molar-refractivity contribution in [2.45, 2.75) is 25.3 Å². The summed E-state index contributed by atoms with van der Waals surface area (Å²) in [5.74, 6) is 0. The molecule has 0 atom stereocenters. The highest BCUT2D eigenvalue weighted by Gasteiger charge is 2.24. The van der Waals surface area contributed by atoms with Crippen molar-refractivity contribution in [2.24, 2.45) is 0 Å². The lowest BCUT2D eigenvalue weighted by atomic mass is 10.1. The van der Waals surface area contributed by atoms with Crippen LogP contribution in [-0.4, -0.2) is 24.3 Å². The normalized spacial score (nSPS) is 11.8. The predicted octanol–water partition coefficient (Wildman–Crippen LogP) is 3.36. The van der Waals surface area contributed by atoms with Crippen molar-refractivity contribution in [3.8, 4) is 0 Å². The average molecular weight is 369 g/mol. The molecule has 0 aliphatic heterocycles. The third-order valence-electron chi connectivity index (χ3n) is 3.28. The van der Waals surface area contributed by atoms with E-state index in [0.29, 0.717) is 17.6 Å². The summed E-state index contributed by atoms with van der Waals surface area (Å²) in [4.78, 5) is 4.14. The van der Waals surface area contributed by atoms with Crippen LogP contribution in [0.15, 0.2) is 52.1 Å². The molecule has 0 radical (unpaired) electrons. The van der Waals surface area contributed by atoms with Gasteiger partial charge in [-0.15, -0.1) is 0 Å². The fraction of sp³-hybridized carbons (Fsp3) is 0.267. The van der Waals surface area contributed by atoms with Crippen LogP contribution in [0.2, 0.25) is 0 Å². The van der Waals surface area contributed by atoms with Crippen molar-refractivity contribution in [2.75, 3.05) is 6.54 Å². The van der Waals surface area contributed by atoms with Gasteiger partial charge < -0.3 is 0 Å². The first kappa shape index (κ1) is 16.1. The van der Waals surface area contributed by atoms with Gasteiger partial charge in [0.25, 0.3) is 0 Å². The van der Waals surface area contributed by atoms with E-state index in [-0.39, 0.29) is 4.90 Å². The number of rotatable bonds is 5. The molecular weight excluding hydrogens is 352 g/mol. The van der Waals surface area contributed by atoms with E-state index in [2.05, 4.69) is 20.9 Å². The molecule has 21 heavy (non-hydrogen) atoms. The van der Waals surface area contributed by atoms with Crippen LogP contribution in [0.1, 0.15) is 18.1 Å². The smallest absolute Gasteiger partial charge is 0.244 e. The molecule has 4 nitrogen and oxygen atoms in total. The van der Waals surface area contributed by atoms with Gasteiger partial charge in [-0.3, -0.25) is 4.98 Å². The van der Waals surface area contributed by atoms with E-state index in [4.69, 9.17) is 0 Å². The average Bonchev–Trinajstić information content (AvgIpc) is 2.46. The third-order valence-corrected chi connectivity index (χ3v) is 5.60. The minimum Gasteiger partial charge on any atom is -0.262 e. The van der Waals surface area contributed by atoms with Crippen molar-refractivity contribution in [3.05, 3.63) is 58.3 Å². The minimum atomic E-state index is -3.55. The van der Waals surface area contributed by atoms with Crippen molar-refractivity contribution < 1.29 is 8.42 Å². The molecule has 0 saturated heterocycles. The molecule has 1 aromatic heterocycles. The highest BCUT2D eigenvalue weighted by atomic mass is 79.9. The van der Waals surface area contributed by atoms with Gasteiger partial charge in [-0.1, -0.05) is 31.2 Å². The molecule has 0 amide bonds. The summed E-state index contributed by atoms with van der Waals surface area (Å²) in [5.41, 5.74) is 2.09. The van der Waals surface area contributed by atoms with E-state index in [0.717, 1.165) is 11.1 Å². The number of benzene rings is 1. The second-order valence-corrected chi connectivity index (χ2v) is 7.55.